The molecule has 2 heterocycles. The molecule has 0 amide bonds. The van der Waals surface area contributed by atoms with Crippen molar-refractivity contribution in [3.63, 3.8) is 0 Å². The summed E-state index contributed by atoms with van der Waals surface area (Å²) in [6.45, 7) is 1.14. The average molecular weight is 391 g/mol. The van der Waals surface area contributed by atoms with Gasteiger partial charge in [-0.15, -0.1) is 0 Å². The van der Waals surface area contributed by atoms with Crippen LogP contribution in [0.3, 0.4) is 0 Å². The highest BCUT2D eigenvalue weighted by molar-refractivity contribution is 5.88. The molecule has 9 heteroatoms. The van der Waals surface area contributed by atoms with Crippen molar-refractivity contribution in [2.75, 3.05) is 16.8 Å². The second-order valence-electron chi connectivity index (χ2n) is 6.60. The van der Waals surface area contributed by atoms with Crippen LogP contribution in [0.4, 0.5) is 23.0 Å². The van der Waals surface area contributed by atoms with Crippen LogP contribution in [0.5, 0.6) is 0 Å². The first kappa shape index (κ1) is 18.4. The standard InChI is InChI=1S/C20H17N5O4/c26-20(27)14-5-7-16(8-6-14)23-18-17(25(28)29)19(22-12-21-18)24-10-9-13-3-1-2-4-15(13)11-24/h1-8,12H,9-11H2,(H,26,27)(H,21,22,23). The Morgan fingerprint density at radius 1 is 1.10 bits per heavy atom. The zero-order valence-corrected chi connectivity index (χ0v) is 15.3. The van der Waals surface area contributed by atoms with Gasteiger partial charge in [0.2, 0.25) is 11.6 Å². The Morgan fingerprint density at radius 3 is 2.52 bits per heavy atom. The van der Waals surface area contributed by atoms with Gasteiger partial charge < -0.3 is 15.3 Å². The molecular weight excluding hydrogens is 374 g/mol. The molecule has 4 rings (SSSR count). The van der Waals surface area contributed by atoms with Gasteiger partial charge in [-0.1, -0.05) is 24.3 Å². The van der Waals surface area contributed by atoms with E-state index >= 15 is 0 Å². The molecule has 146 valence electrons. The Balaban J connectivity index is 1.66. The van der Waals surface area contributed by atoms with E-state index in [1.165, 1.54) is 36.2 Å². The van der Waals surface area contributed by atoms with E-state index in [1.54, 1.807) is 0 Å². The summed E-state index contributed by atoms with van der Waals surface area (Å²) >= 11 is 0. The highest BCUT2D eigenvalue weighted by Gasteiger charge is 2.29. The van der Waals surface area contributed by atoms with Crippen LogP contribution in [0, 0.1) is 10.1 Å². The Labute approximate surface area is 165 Å². The lowest BCUT2D eigenvalue weighted by atomic mass is 10.00. The van der Waals surface area contributed by atoms with E-state index < -0.39 is 10.9 Å². The van der Waals surface area contributed by atoms with Gasteiger partial charge in [0.05, 0.1) is 10.5 Å². The number of anilines is 3. The SMILES string of the molecule is O=C(O)c1ccc(Nc2ncnc(N3CCc4ccccc4C3)c2[N+](=O)[O-])cc1. The van der Waals surface area contributed by atoms with Gasteiger partial charge in [-0.2, -0.15) is 0 Å². The van der Waals surface area contributed by atoms with E-state index in [1.807, 2.05) is 23.1 Å². The molecule has 9 nitrogen and oxygen atoms in total. The number of aromatic carboxylic acids is 1. The lowest BCUT2D eigenvalue weighted by Crippen LogP contribution is -2.31. The molecule has 3 aromatic rings. The first-order chi connectivity index (χ1) is 14.0. The van der Waals surface area contributed by atoms with Gasteiger partial charge in [0.25, 0.3) is 0 Å². The average Bonchev–Trinajstić information content (AvgIpc) is 2.73. The van der Waals surface area contributed by atoms with Crippen molar-refractivity contribution < 1.29 is 14.8 Å². The van der Waals surface area contributed by atoms with Crippen molar-refractivity contribution >= 4 is 29.0 Å². The number of fused-ring (bicyclic) bond motifs is 1. The number of carboxylic acids is 1. The van der Waals surface area contributed by atoms with Crippen molar-refractivity contribution in [1.29, 1.82) is 0 Å². The van der Waals surface area contributed by atoms with Crippen molar-refractivity contribution in [2.45, 2.75) is 13.0 Å². The van der Waals surface area contributed by atoms with Crippen LogP contribution in [-0.2, 0) is 13.0 Å². The normalized spacial score (nSPS) is 12.9. The number of nitro groups is 1. The van der Waals surface area contributed by atoms with E-state index in [2.05, 4.69) is 21.4 Å². The number of rotatable bonds is 5. The number of aromatic nitrogens is 2. The molecule has 2 aromatic carbocycles. The third-order valence-corrected chi connectivity index (χ3v) is 4.81. The number of carboxylic acid groups (broad SMARTS) is 1. The fraction of sp³-hybridized carbons (Fsp3) is 0.150. The number of nitrogens with zero attached hydrogens (tertiary/aromatic N) is 4. The summed E-state index contributed by atoms with van der Waals surface area (Å²) in [7, 11) is 0. The Hall–Kier alpha value is -4.01. The molecule has 0 unspecified atom stereocenters. The van der Waals surface area contributed by atoms with Crippen molar-refractivity contribution in [3.05, 3.63) is 81.7 Å². The van der Waals surface area contributed by atoms with Gasteiger partial charge in [0.15, 0.2) is 0 Å². The minimum Gasteiger partial charge on any atom is -0.478 e. The molecule has 0 saturated carbocycles. The summed E-state index contributed by atoms with van der Waals surface area (Å²) in [6.07, 6.45) is 2.06. The molecule has 2 N–H and O–H groups in total. The summed E-state index contributed by atoms with van der Waals surface area (Å²) in [5.41, 5.74) is 2.75. The second-order valence-corrected chi connectivity index (χ2v) is 6.60. The number of benzene rings is 2. The minimum absolute atomic E-state index is 0.0573. The topological polar surface area (TPSA) is 121 Å². The Kier molecular flexibility index (Phi) is 4.78. The van der Waals surface area contributed by atoms with Crippen LogP contribution in [-0.4, -0.2) is 32.5 Å². The molecule has 0 saturated heterocycles. The van der Waals surface area contributed by atoms with Crippen LogP contribution in [0.2, 0.25) is 0 Å². The quantitative estimate of drug-likeness (QED) is 0.501. The smallest absolute Gasteiger partial charge is 0.353 e. The van der Waals surface area contributed by atoms with Crippen LogP contribution < -0.4 is 10.2 Å². The number of hydrogen-bond donors (Lipinski definition) is 2. The number of hydrogen-bond acceptors (Lipinski definition) is 7. The monoisotopic (exact) mass is 391 g/mol. The lowest BCUT2D eigenvalue weighted by Gasteiger charge is -2.29. The summed E-state index contributed by atoms with van der Waals surface area (Å²) in [4.78, 5) is 32.4. The summed E-state index contributed by atoms with van der Waals surface area (Å²) in [5, 5.41) is 23.7. The molecule has 0 radical (unpaired) electrons. The highest BCUT2D eigenvalue weighted by Crippen LogP contribution is 2.35. The molecule has 29 heavy (non-hydrogen) atoms. The molecule has 1 aliphatic heterocycles. The maximum Gasteiger partial charge on any atom is 0.353 e. The predicted octanol–water partition coefficient (Wildman–Crippen LogP) is 3.39. The Morgan fingerprint density at radius 2 is 1.83 bits per heavy atom. The van der Waals surface area contributed by atoms with Crippen LogP contribution in [0.25, 0.3) is 0 Å². The molecule has 0 spiro atoms. The second kappa shape index (κ2) is 7.55. The van der Waals surface area contributed by atoms with Crippen molar-refractivity contribution in [3.8, 4) is 0 Å². The Bertz CT molecular complexity index is 1080. The molecule has 0 aliphatic carbocycles. The van der Waals surface area contributed by atoms with Crippen LogP contribution in [0.15, 0.2) is 54.9 Å². The maximum atomic E-state index is 11.8. The van der Waals surface area contributed by atoms with E-state index in [9.17, 15) is 14.9 Å². The molecule has 0 bridgehead atoms. The molecule has 0 atom stereocenters. The van der Waals surface area contributed by atoms with Gasteiger partial charge in [-0.3, -0.25) is 10.1 Å². The predicted molar refractivity (Wildman–Crippen MR) is 107 cm³/mol. The zero-order valence-electron chi connectivity index (χ0n) is 15.3. The number of nitrogens with one attached hydrogen (secondary N) is 1. The van der Waals surface area contributed by atoms with Gasteiger partial charge in [-0.25, -0.2) is 14.8 Å². The van der Waals surface area contributed by atoms with Gasteiger partial charge >= 0.3 is 11.7 Å². The van der Waals surface area contributed by atoms with E-state index in [0.29, 0.717) is 18.8 Å². The maximum absolute atomic E-state index is 11.8. The first-order valence-corrected chi connectivity index (χ1v) is 8.94. The van der Waals surface area contributed by atoms with Gasteiger partial charge in [-0.05, 0) is 41.8 Å². The largest absolute Gasteiger partial charge is 0.478 e. The molecule has 1 aromatic heterocycles. The van der Waals surface area contributed by atoms with Crippen molar-refractivity contribution in [2.24, 2.45) is 0 Å². The summed E-state index contributed by atoms with van der Waals surface area (Å²) < 4.78 is 0. The fourth-order valence-corrected chi connectivity index (χ4v) is 3.37. The molecule has 0 fully saturated rings. The van der Waals surface area contributed by atoms with E-state index in [4.69, 9.17) is 5.11 Å². The van der Waals surface area contributed by atoms with Gasteiger partial charge in [0, 0.05) is 18.8 Å². The fourth-order valence-electron chi connectivity index (χ4n) is 3.37. The van der Waals surface area contributed by atoms with Crippen LogP contribution >= 0.6 is 0 Å². The van der Waals surface area contributed by atoms with Gasteiger partial charge in [0.1, 0.15) is 6.33 Å². The summed E-state index contributed by atoms with van der Waals surface area (Å²) in [5.74, 6) is -0.733. The molecule has 1 aliphatic rings. The zero-order chi connectivity index (χ0) is 20.4. The minimum atomic E-state index is -1.04. The van der Waals surface area contributed by atoms with E-state index in [0.717, 1.165) is 12.0 Å². The first-order valence-electron chi connectivity index (χ1n) is 8.94. The third-order valence-electron chi connectivity index (χ3n) is 4.81. The van der Waals surface area contributed by atoms with Crippen LogP contribution in [0.1, 0.15) is 21.5 Å². The third kappa shape index (κ3) is 3.70. The lowest BCUT2D eigenvalue weighted by molar-refractivity contribution is -0.383. The molecular formula is C20H17N5O4. The highest BCUT2D eigenvalue weighted by atomic mass is 16.6. The van der Waals surface area contributed by atoms with E-state index in [-0.39, 0.29) is 22.9 Å². The summed E-state index contributed by atoms with van der Waals surface area (Å²) in [6, 6.07) is 13.9. The van der Waals surface area contributed by atoms with Crippen molar-refractivity contribution in [1.82, 2.24) is 9.97 Å². The number of carbonyl (C=O) groups is 1.